The van der Waals surface area contributed by atoms with Crippen molar-refractivity contribution < 1.29 is 5.11 Å². The molecule has 0 aromatic carbocycles. The molecule has 1 fully saturated rings. The van der Waals surface area contributed by atoms with Gasteiger partial charge in [-0.3, -0.25) is 0 Å². The van der Waals surface area contributed by atoms with Gasteiger partial charge in [-0.2, -0.15) is 0 Å². The standard InChI is InChI=1S/C13H24N4O/c1-12(2)11(13(12,3)4)8-14-7-10-9-17(5-6-18)16-15-10/h9,11,14,18H,5-8H2,1-4H3. The molecular formula is C13H24N4O. The van der Waals surface area contributed by atoms with Crippen LogP contribution in [0.2, 0.25) is 0 Å². The van der Waals surface area contributed by atoms with Crippen LogP contribution in [-0.4, -0.2) is 33.3 Å². The first-order valence-electron chi connectivity index (χ1n) is 6.60. The van der Waals surface area contributed by atoms with E-state index in [1.807, 2.05) is 6.20 Å². The molecule has 2 rings (SSSR count). The quantitative estimate of drug-likeness (QED) is 0.794. The Hall–Kier alpha value is -0.940. The summed E-state index contributed by atoms with van der Waals surface area (Å²) in [7, 11) is 0. The van der Waals surface area contributed by atoms with Crippen molar-refractivity contribution in [3.05, 3.63) is 11.9 Å². The van der Waals surface area contributed by atoms with Crippen molar-refractivity contribution >= 4 is 0 Å². The number of nitrogens with zero attached hydrogens (tertiary/aromatic N) is 3. The molecule has 1 aromatic heterocycles. The van der Waals surface area contributed by atoms with E-state index in [1.165, 1.54) is 0 Å². The molecule has 0 amide bonds. The molecule has 5 nitrogen and oxygen atoms in total. The van der Waals surface area contributed by atoms with Gasteiger partial charge in [-0.1, -0.05) is 32.9 Å². The molecule has 0 atom stereocenters. The molecule has 1 aliphatic rings. The van der Waals surface area contributed by atoms with Crippen LogP contribution in [-0.2, 0) is 13.1 Å². The molecule has 0 unspecified atom stereocenters. The summed E-state index contributed by atoms with van der Waals surface area (Å²) in [4.78, 5) is 0. The highest BCUT2D eigenvalue weighted by atomic mass is 16.3. The average Bonchev–Trinajstić information content (AvgIpc) is 2.67. The number of nitrogens with one attached hydrogen (secondary N) is 1. The van der Waals surface area contributed by atoms with Crippen LogP contribution < -0.4 is 5.32 Å². The van der Waals surface area contributed by atoms with Crippen LogP contribution in [0, 0.1) is 16.7 Å². The van der Waals surface area contributed by atoms with Gasteiger partial charge in [-0.15, -0.1) is 5.10 Å². The van der Waals surface area contributed by atoms with Gasteiger partial charge in [0.15, 0.2) is 0 Å². The lowest BCUT2D eigenvalue weighted by Gasteiger charge is -2.04. The first-order valence-corrected chi connectivity index (χ1v) is 6.60. The van der Waals surface area contributed by atoms with Gasteiger partial charge < -0.3 is 10.4 Å². The fourth-order valence-electron chi connectivity index (χ4n) is 2.82. The average molecular weight is 252 g/mol. The van der Waals surface area contributed by atoms with E-state index in [1.54, 1.807) is 4.68 Å². The molecule has 102 valence electrons. The molecule has 2 N–H and O–H groups in total. The van der Waals surface area contributed by atoms with Crippen molar-refractivity contribution in [2.45, 2.75) is 40.8 Å². The zero-order valence-electron chi connectivity index (χ0n) is 11.8. The Bertz CT molecular complexity index is 397. The largest absolute Gasteiger partial charge is 0.394 e. The summed E-state index contributed by atoms with van der Waals surface area (Å²) in [5, 5.41) is 20.3. The zero-order chi connectivity index (χ0) is 13.4. The summed E-state index contributed by atoms with van der Waals surface area (Å²) in [6.45, 7) is 11.7. The molecular weight excluding hydrogens is 228 g/mol. The van der Waals surface area contributed by atoms with Gasteiger partial charge in [-0.25, -0.2) is 4.68 Å². The van der Waals surface area contributed by atoms with Gasteiger partial charge in [0.2, 0.25) is 0 Å². The van der Waals surface area contributed by atoms with Crippen LogP contribution in [0.4, 0.5) is 0 Å². The van der Waals surface area contributed by atoms with E-state index in [9.17, 15) is 0 Å². The van der Waals surface area contributed by atoms with Gasteiger partial charge in [0.05, 0.1) is 18.8 Å². The number of rotatable bonds is 6. The van der Waals surface area contributed by atoms with Crippen molar-refractivity contribution in [3.8, 4) is 0 Å². The summed E-state index contributed by atoms with van der Waals surface area (Å²) >= 11 is 0. The van der Waals surface area contributed by atoms with Crippen molar-refractivity contribution in [1.29, 1.82) is 0 Å². The molecule has 1 aromatic rings. The van der Waals surface area contributed by atoms with E-state index < -0.39 is 0 Å². The Kier molecular flexibility index (Phi) is 3.47. The van der Waals surface area contributed by atoms with E-state index in [0.29, 0.717) is 17.4 Å². The molecule has 0 radical (unpaired) electrons. The van der Waals surface area contributed by atoms with Crippen LogP contribution in [0.15, 0.2) is 6.20 Å². The minimum atomic E-state index is 0.0979. The Morgan fingerprint density at radius 2 is 2.00 bits per heavy atom. The number of aliphatic hydroxyl groups excluding tert-OH is 1. The molecule has 1 aliphatic carbocycles. The molecule has 1 heterocycles. The number of hydrogen-bond donors (Lipinski definition) is 2. The number of aliphatic hydroxyl groups is 1. The molecule has 5 heteroatoms. The highest BCUT2D eigenvalue weighted by Crippen LogP contribution is 2.67. The van der Waals surface area contributed by atoms with E-state index in [4.69, 9.17) is 5.11 Å². The summed E-state index contributed by atoms with van der Waals surface area (Å²) in [6.07, 6.45) is 1.88. The zero-order valence-corrected chi connectivity index (χ0v) is 11.8. The maximum Gasteiger partial charge on any atom is 0.0964 e. The maximum atomic E-state index is 8.80. The molecule has 18 heavy (non-hydrogen) atoms. The Labute approximate surface area is 109 Å². The number of hydrogen-bond acceptors (Lipinski definition) is 4. The molecule has 1 saturated carbocycles. The predicted octanol–water partition coefficient (Wildman–Crippen LogP) is 1.04. The van der Waals surface area contributed by atoms with Gasteiger partial charge in [0.25, 0.3) is 0 Å². The normalized spacial score (nSPS) is 21.2. The van der Waals surface area contributed by atoms with Gasteiger partial charge in [0, 0.05) is 12.7 Å². The lowest BCUT2D eigenvalue weighted by atomic mass is 10.0. The van der Waals surface area contributed by atoms with Crippen molar-refractivity contribution in [2.24, 2.45) is 16.7 Å². The fraction of sp³-hybridized carbons (Fsp3) is 0.846. The van der Waals surface area contributed by atoms with Gasteiger partial charge >= 0.3 is 0 Å². The second-order valence-corrected chi connectivity index (χ2v) is 6.32. The molecule has 0 spiro atoms. The highest BCUT2D eigenvalue weighted by molar-refractivity contribution is 5.12. The summed E-state index contributed by atoms with van der Waals surface area (Å²) < 4.78 is 1.67. The number of aromatic nitrogens is 3. The topological polar surface area (TPSA) is 63.0 Å². The van der Waals surface area contributed by atoms with Crippen LogP contribution in [0.1, 0.15) is 33.4 Å². The predicted molar refractivity (Wildman–Crippen MR) is 69.9 cm³/mol. The first-order chi connectivity index (χ1) is 8.39. The van der Waals surface area contributed by atoms with Crippen LogP contribution in [0.25, 0.3) is 0 Å². The highest BCUT2D eigenvalue weighted by Gasteiger charge is 2.63. The Morgan fingerprint density at radius 3 is 2.56 bits per heavy atom. The monoisotopic (exact) mass is 252 g/mol. The molecule has 0 saturated heterocycles. The minimum absolute atomic E-state index is 0.0979. The van der Waals surface area contributed by atoms with Crippen LogP contribution in [0.3, 0.4) is 0 Å². The Morgan fingerprint density at radius 1 is 1.33 bits per heavy atom. The lowest BCUT2D eigenvalue weighted by molar-refractivity contribution is 0.268. The molecule has 0 aliphatic heterocycles. The van der Waals surface area contributed by atoms with Crippen LogP contribution in [0.5, 0.6) is 0 Å². The van der Waals surface area contributed by atoms with Gasteiger partial charge in [-0.05, 0) is 23.3 Å². The van der Waals surface area contributed by atoms with Crippen LogP contribution >= 0.6 is 0 Å². The van der Waals surface area contributed by atoms with Gasteiger partial charge in [0.1, 0.15) is 0 Å². The molecule has 0 bridgehead atoms. The summed E-state index contributed by atoms with van der Waals surface area (Å²) in [5.74, 6) is 0.720. The SMILES string of the molecule is CC1(C)C(CNCc2cn(CCO)nn2)C1(C)C. The maximum absolute atomic E-state index is 8.80. The summed E-state index contributed by atoms with van der Waals surface area (Å²) in [6, 6.07) is 0. The van der Waals surface area contributed by atoms with E-state index in [2.05, 4.69) is 43.3 Å². The van der Waals surface area contributed by atoms with Crippen molar-refractivity contribution in [2.75, 3.05) is 13.2 Å². The smallest absolute Gasteiger partial charge is 0.0964 e. The minimum Gasteiger partial charge on any atom is -0.394 e. The third-order valence-corrected chi connectivity index (χ3v) is 4.89. The second-order valence-electron chi connectivity index (χ2n) is 6.32. The van der Waals surface area contributed by atoms with E-state index in [-0.39, 0.29) is 6.61 Å². The van der Waals surface area contributed by atoms with E-state index >= 15 is 0 Å². The van der Waals surface area contributed by atoms with E-state index in [0.717, 1.165) is 24.7 Å². The second kappa shape index (κ2) is 4.63. The summed E-state index contributed by atoms with van der Waals surface area (Å²) in [5.41, 5.74) is 1.78. The first kappa shape index (κ1) is 13.5. The third kappa shape index (κ3) is 2.29. The Balaban J connectivity index is 1.76. The third-order valence-electron chi connectivity index (χ3n) is 4.89. The van der Waals surface area contributed by atoms with Crippen molar-refractivity contribution in [3.63, 3.8) is 0 Å². The fourth-order valence-corrected chi connectivity index (χ4v) is 2.82. The van der Waals surface area contributed by atoms with Crippen molar-refractivity contribution in [1.82, 2.24) is 20.3 Å². The lowest BCUT2D eigenvalue weighted by Crippen LogP contribution is -2.19.